The van der Waals surface area contributed by atoms with Gasteiger partial charge in [0.1, 0.15) is 16.9 Å². The lowest BCUT2D eigenvalue weighted by Gasteiger charge is -2.27. The van der Waals surface area contributed by atoms with Gasteiger partial charge in [0, 0.05) is 11.8 Å². The van der Waals surface area contributed by atoms with Crippen LogP contribution < -0.4 is 11.1 Å². The predicted molar refractivity (Wildman–Crippen MR) is 280 cm³/mol. The zero-order valence-electron chi connectivity index (χ0n) is 43.3. The fourth-order valence-electron chi connectivity index (χ4n) is 9.43. The van der Waals surface area contributed by atoms with Gasteiger partial charge in [-0.1, -0.05) is 161 Å². The van der Waals surface area contributed by atoms with E-state index in [1.54, 1.807) is 0 Å². The number of anilines is 1. The number of para-hydroxylation sites is 1. The molecule has 1 aromatic carbocycles. The van der Waals surface area contributed by atoms with Gasteiger partial charge in [-0.3, -0.25) is 4.79 Å². The van der Waals surface area contributed by atoms with E-state index in [9.17, 15) is 4.79 Å². The summed E-state index contributed by atoms with van der Waals surface area (Å²) in [7, 11) is 4.62. The van der Waals surface area contributed by atoms with Gasteiger partial charge in [-0.25, -0.2) is 9.97 Å². The molecule has 0 fully saturated rings. The molecule has 0 saturated heterocycles. The Labute approximate surface area is 399 Å². The molecule has 2 heterocycles. The van der Waals surface area contributed by atoms with E-state index in [2.05, 4.69) is 70.5 Å². The summed E-state index contributed by atoms with van der Waals surface area (Å²) in [5.41, 5.74) is 8.17. The number of nitrogens with zero attached hydrogens (tertiary/aromatic N) is 6. The van der Waals surface area contributed by atoms with E-state index in [1.165, 1.54) is 167 Å². The number of ether oxygens (including phenoxy) is 1. The van der Waals surface area contributed by atoms with Gasteiger partial charge in [-0.15, -0.1) is 0 Å². The Morgan fingerprint density at radius 2 is 1.09 bits per heavy atom. The van der Waals surface area contributed by atoms with Crippen LogP contribution in [0.3, 0.4) is 0 Å². The highest BCUT2D eigenvalue weighted by atomic mass is 16.6. The molecular weight excluding hydrogens is 805 g/mol. The van der Waals surface area contributed by atoms with Gasteiger partial charge in [-0.2, -0.15) is 0 Å². The maximum absolute atomic E-state index is 13.3. The second-order valence-corrected chi connectivity index (χ2v) is 20.2. The molecule has 0 bridgehead atoms. The fraction of sp³-hybridized carbons (Fsp3) is 0.800. The van der Waals surface area contributed by atoms with Gasteiger partial charge in [-0.05, 0) is 125 Å². The number of nitrogen functional groups attached to an aromatic ring is 1. The fourth-order valence-corrected chi connectivity index (χ4v) is 9.43. The first kappa shape index (κ1) is 56.5. The molecule has 0 aliphatic carbocycles. The lowest BCUT2D eigenvalue weighted by molar-refractivity contribution is -0.157. The number of imidazole rings is 1. The molecule has 3 aromatic rings. The van der Waals surface area contributed by atoms with E-state index in [0.29, 0.717) is 30.8 Å². The van der Waals surface area contributed by atoms with Gasteiger partial charge in [0.2, 0.25) is 0 Å². The normalized spacial score (nSPS) is 12.3. The number of unbranched alkanes of at least 4 members (excludes halogenated alkanes) is 20. The summed E-state index contributed by atoms with van der Waals surface area (Å²) in [4.78, 5) is 30.7. The Morgan fingerprint density at radius 1 is 0.631 bits per heavy atom. The highest BCUT2D eigenvalue weighted by Gasteiger charge is 2.27. The lowest BCUT2D eigenvalue weighted by atomic mass is 10.1. The van der Waals surface area contributed by atoms with Crippen molar-refractivity contribution in [1.29, 1.82) is 0 Å². The first-order valence-electron chi connectivity index (χ1n) is 27.1. The molecule has 0 aliphatic heterocycles. The zero-order chi connectivity index (χ0) is 47.0. The Balaban J connectivity index is 1.39. The van der Waals surface area contributed by atoms with Crippen molar-refractivity contribution in [3.8, 4) is 0 Å². The van der Waals surface area contributed by atoms with E-state index in [-0.39, 0.29) is 5.97 Å². The molecule has 0 atom stereocenters. The third-order valence-corrected chi connectivity index (χ3v) is 13.3. The quantitative estimate of drug-likeness (QED) is 0.0425. The number of rotatable bonds is 42. The van der Waals surface area contributed by atoms with E-state index in [1.807, 2.05) is 32.0 Å². The molecule has 10 nitrogen and oxygen atoms in total. The topological polar surface area (TPSA) is 105 Å². The van der Waals surface area contributed by atoms with Crippen LogP contribution in [0.15, 0.2) is 24.3 Å². The van der Waals surface area contributed by atoms with Crippen molar-refractivity contribution in [3.63, 3.8) is 0 Å². The number of nitrogens with two attached hydrogens (primary N) is 1. The number of aromatic nitrogens is 3. The van der Waals surface area contributed by atoms with Crippen LogP contribution in [0.2, 0.25) is 0 Å². The van der Waals surface area contributed by atoms with Crippen molar-refractivity contribution in [3.05, 3.63) is 30.1 Å². The average molecular weight is 905 g/mol. The summed E-state index contributed by atoms with van der Waals surface area (Å²) >= 11 is 0. The predicted octanol–water partition coefficient (Wildman–Crippen LogP) is 12.9. The number of carbonyl (C=O) groups is 1. The van der Waals surface area contributed by atoms with Crippen molar-refractivity contribution in [2.45, 2.75) is 220 Å². The molecule has 65 heavy (non-hydrogen) atoms. The maximum atomic E-state index is 13.3. The third-order valence-electron chi connectivity index (χ3n) is 13.3. The number of benzene rings is 1. The molecule has 3 rings (SSSR count). The molecule has 0 amide bonds. The van der Waals surface area contributed by atoms with Crippen molar-refractivity contribution in [2.75, 3.05) is 72.2 Å². The van der Waals surface area contributed by atoms with Crippen LogP contribution in [0.5, 0.6) is 0 Å². The summed E-state index contributed by atoms with van der Waals surface area (Å²) in [6.07, 6.45) is 33.7. The Hall–Kier alpha value is -2.79. The minimum absolute atomic E-state index is 0.131. The Kier molecular flexibility index (Phi) is 30.0. The Bertz CT molecular complexity index is 1660. The van der Waals surface area contributed by atoms with Crippen LogP contribution in [-0.4, -0.2) is 107 Å². The molecule has 372 valence electrons. The van der Waals surface area contributed by atoms with Crippen LogP contribution in [0, 0.1) is 0 Å². The van der Waals surface area contributed by atoms with Crippen LogP contribution in [-0.2, 0) is 22.6 Å². The number of pyridine rings is 1. The van der Waals surface area contributed by atoms with Gasteiger partial charge in [0.05, 0.1) is 24.1 Å². The van der Waals surface area contributed by atoms with Crippen molar-refractivity contribution >= 4 is 33.7 Å². The van der Waals surface area contributed by atoms with Crippen LogP contribution in [0.25, 0.3) is 21.9 Å². The van der Waals surface area contributed by atoms with Gasteiger partial charge in [0.15, 0.2) is 5.82 Å². The van der Waals surface area contributed by atoms with E-state index in [0.717, 1.165) is 67.7 Å². The molecule has 0 saturated carbocycles. The standard InChI is InChI=1S/C55H100N8O2/c1-8-11-13-15-17-19-21-23-25-31-39-60(6)40-34-41-61(7)42-35-45-62(43-32-26-24-22-20-18-16-14-12-9-2)44-33-27-28-38-51(64)65-55(4,5)47-63-50(46-57-10-3)59-52-53(63)48-36-29-30-37-49(48)58-54(52)56/h29-30,36-37,57H,8-28,31-35,38-47H2,1-7H3,(H2,56,58). The second-order valence-electron chi connectivity index (χ2n) is 20.2. The number of esters is 1. The van der Waals surface area contributed by atoms with Gasteiger partial charge >= 0.3 is 5.97 Å². The van der Waals surface area contributed by atoms with Crippen molar-refractivity contribution in [2.24, 2.45) is 0 Å². The van der Waals surface area contributed by atoms with Crippen molar-refractivity contribution in [1.82, 2.24) is 34.6 Å². The Morgan fingerprint density at radius 3 is 1.65 bits per heavy atom. The second kappa shape index (κ2) is 34.5. The highest BCUT2D eigenvalue weighted by Crippen LogP contribution is 2.31. The number of fused-ring (bicyclic) bond motifs is 3. The molecule has 10 heteroatoms. The first-order chi connectivity index (χ1) is 31.6. The van der Waals surface area contributed by atoms with E-state index in [4.69, 9.17) is 15.5 Å². The maximum Gasteiger partial charge on any atom is 0.306 e. The summed E-state index contributed by atoms with van der Waals surface area (Å²) in [5.74, 6) is 1.15. The van der Waals surface area contributed by atoms with Crippen LogP contribution >= 0.6 is 0 Å². The molecular formula is C55H100N8O2. The summed E-state index contributed by atoms with van der Waals surface area (Å²) in [6, 6.07) is 8.04. The smallest absolute Gasteiger partial charge is 0.306 e. The monoisotopic (exact) mass is 905 g/mol. The summed E-state index contributed by atoms with van der Waals surface area (Å²) < 4.78 is 8.37. The number of nitrogens with one attached hydrogen (secondary N) is 1. The van der Waals surface area contributed by atoms with Gasteiger partial charge in [0.25, 0.3) is 0 Å². The number of hydrogen-bond donors (Lipinski definition) is 2. The van der Waals surface area contributed by atoms with Crippen LogP contribution in [0.1, 0.15) is 207 Å². The number of carbonyl (C=O) groups excluding carboxylic acids is 1. The molecule has 0 radical (unpaired) electrons. The third kappa shape index (κ3) is 24.2. The van der Waals surface area contributed by atoms with Crippen molar-refractivity contribution < 1.29 is 9.53 Å². The molecule has 0 unspecified atom stereocenters. The SMILES string of the molecule is CCCCCCCCCCCCN(C)CCCN(C)CCCN(CCCCCCCCCCCC)CCCCCC(=O)OC(C)(C)Cn1c(CNCC)nc2c(N)nc3ccccc3c21. The highest BCUT2D eigenvalue weighted by molar-refractivity contribution is 6.06. The lowest BCUT2D eigenvalue weighted by Crippen LogP contribution is -2.34. The minimum atomic E-state index is -0.730. The summed E-state index contributed by atoms with van der Waals surface area (Å²) in [5, 5.41) is 4.41. The first-order valence-corrected chi connectivity index (χ1v) is 27.1. The average Bonchev–Trinajstić information content (AvgIpc) is 3.64. The van der Waals surface area contributed by atoms with Gasteiger partial charge < -0.3 is 35.1 Å². The zero-order valence-corrected chi connectivity index (χ0v) is 43.3. The minimum Gasteiger partial charge on any atom is -0.458 e. The van der Waals surface area contributed by atoms with E-state index < -0.39 is 5.60 Å². The summed E-state index contributed by atoms with van der Waals surface area (Å²) in [6.45, 7) is 20.8. The largest absolute Gasteiger partial charge is 0.458 e. The molecule has 0 spiro atoms. The number of hydrogen-bond acceptors (Lipinski definition) is 9. The van der Waals surface area contributed by atoms with E-state index >= 15 is 0 Å². The molecule has 0 aliphatic rings. The molecule has 3 N–H and O–H groups in total. The van der Waals surface area contributed by atoms with Crippen LogP contribution in [0.4, 0.5) is 5.82 Å². The molecule has 2 aromatic heterocycles.